The van der Waals surface area contributed by atoms with Gasteiger partial charge in [0.2, 0.25) is 10.0 Å². The number of sulfonamides is 1. The van der Waals surface area contributed by atoms with Gasteiger partial charge in [-0.05, 0) is 36.6 Å². The zero-order valence-electron chi connectivity index (χ0n) is 11.6. The normalized spacial score (nSPS) is 11.5. The van der Waals surface area contributed by atoms with Gasteiger partial charge in [-0.2, -0.15) is 0 Å². The number of benzene rings is 1. The lowest BCUT2D eigenvalue weighted by Gasteiger charge is -2.10. The van der Waals surface area contributed by atoms with Crippen LogP contribution in [0.2, 0.25) is 0 Å². The van der Waals surface area contributed by atoms with Crippen LogP contribution in [-0.4, -0.2) is 13.4 Å². The molecule has 0 aliphatic rings. The molecule has 1 N–H and O–H groups in total. The summed E-state index contributed by atoms with van der Waals surface area (Å²) >= 11 is 0. The maximum absolute atomic E-state index is 12.3. The van der Waals surface area contributed by atoms with Crippen LogP contribution < -0.4 is 4.72 Å². The molecule has 0 bridgehead atoms. The number of aromatic nitrogens is 1. The van der Waals surface area contributed by atoms with Crippen molar-refractivity contribution in [1.29, 1.82) is 0 Å². The fraction of sp³-hybridized carbons (Fsp3) is 0.267. The highest BCUT2D eigenvalue weighted by Crippen LogP contribution is 2.14. The van der Waals surface area contributed by atoms with E-state index in [0.717, 1.165) is 23.2 Å². The number of nitrogens with one attached hydrogen (secondary N) is 1. The minimum atomic E-state index is -3.50. The lowest BCUT2D eigenvalue weighted by atomic mass is 10.1. The van der Waals surface area contributed by atoms with Crippen molar-refractivity contribution in [3.63, 3.8) is 0 Å². The molecule has 5 heteroatoms. The minimum absolute atomic E-state index is 0.209. The van der Waals surface area contributed by atoms with Crippen LogP contribution in [0.1, 0.15) is 23.7 Å². The van der Waals surface area contributed by atoms with Gasteiger partial charge in [0.1, 0.15) is 0 Å². The zero-order chi connectivity index (χ0) is 14.6. The number of aryl methyl sites for hydroxylation is 2. The van der Waals surface area contributed by atoms with Crippen LogP contribution in [-0.2, 0) is 23.0 Å². The van der Waals surface area contributed by atoms with E-state index in [2.05, 4.69) is 9.71 Å². The molecular weight excluding hydrogens is 272 g/mol. The zero-order valence-corrected chi connectivity index (χ0v) is 12.4. The Hall–Kier alpha value is -1.72. The molecule has 2 aromatic rings. The summed E-state index contributed by atoms with van der Waals surface area (Å²) in [6, 6.07) is 10.8. The quantitative estimate of drug-likeness (QED) is 0.920. The summed E-state index contributed by atoms with van der Waals surface area (Å²) in [5.41, 5.74) is 2.56. The highest BCUT2D eigenvalue weighted by Gasteiger charge is 2.16. The third kappa shape index (κ3) is 3.23. The van der Waals surface area contributed by atoms with E-state index in [0.29, 0.717) is 4.90 Å². The second kappa shape index (κ2) is 6.15. The molecule has 0 spiro atoms. The van der Waals surface area contributed by atoms with Crippen molar-refractivity contribution in [3.05, 3.63) is 59.4 Å². The topological polar surface area (TPSA) is 59.1 Å². The number of hydrogen-bond donors (Lipinski definition) is 1. The van der Waals surface area contributed by atoms with Gasteiger partial charge in [-0.15, -0.1) is 0 Å². The summed E-state index contributed by atoms with van der Waals surface area (Å²) in [5.74, 6) is 0. The Morgan fingerprint density at radius 2 is 1.90 bits per heavy atom. The summed E-state index contributed by atoms with van der Waals surface area (Å²) in [4.78, 5) is 4.56. The highest BCUT2D eigenvalue weighted by molar-refractivity contribution is 7.89. The number of pyridine rings is 1. The Labute approximate surface area is 119 Å². The van der Waals surface area contributed by atoms with Gasteiger partial charge in [0.05, 0.1) is 17.1 Å². The predicted molar refractivity (Wildman–Crippen MR) is 78.8 cm³/mol. The number of hydrogen-bond acceptors (Lipinski definition) is 3. The van der Waals surface area contributed by atoms with Gasteiger partial charge in [-0.1, -0.05) is 31.2 Å². The van der Waals surface area contributed by atoms with Crippen LogP contribution in [0, 0.1) is 6.92 Å². The lowest BCUT2D eigenvalue weighted by molar-refractivity contribution is 0.579. The predicted octanol–water partition coefficient (Wildman–Crippen LogP) is 2.43. The van der Waals surface area contributed by atoms with Crippen molar-refractivity contribution in [2.75, 3.05) is 0 Å². The van der Waals surface area contributed by atoms with Crippen LogP contribution in [0.25, 0.3) is 0 Å². The van der Waals surface area contributed by atoms with E-state index in [-0.39, 0.29) is 6.54 Å². The van der Waals surface area contributed by atoms with Crippen molar-refractivity contribution in [3.8, 4) is 0 Å². The summed E-state index contributed by atoms with van der Waals surface area (Å²) in [5, 5.41) is 0. The van der Waals surface area contributed by atoms with E-state index in [9.17, 15) is 8.42 Å². The Morgan fingerprint density at radius 1 is 1.15 bits per heavy atom. The fourth-order valence-corrected chi connectivity index (χ4v) is 3.28. The van der Waals surface area contributed by atoms with Gasteiger partial charge >= 0.3 is 0 Å². The molecule has 0 atom stereocenters. The molecule has 2 rings (SSSR count). The molecule has 0 aliphatic carbocycles. The van der Waals surface area contributed by atoms with Gasteiger partial charge in [0.15, 0.2) is 0 Å². The van der Waals surface area contributed by atoms with E-state index in [4.69, 9.17) is 0 Å². The first-order valence-corrected chi connectivity index (χ1v) is 8.01. The first kappa shape index (κ1) is 14.7. The Kier molecular flexibility index (Phi) is 4.52. The molecule has 1 aromatic heterocycles. The molecule has 1 aromatic carbocycles. The highest BCUT2D eigenvalue weighted by atomic mass is 32.2. The van der Waals surface area contributed by atoms with Crippen LogP contribution in [0.15, 0.2) is 47.5 Å². The van der Waals surface area contributed by atoms with E-state index in [1.54, 1.807) is 31.3 Å². The van der Waals surface area contributed by atoms with E-state index in [1.165, 1.54) is 0 Å². The molecule has 20 heavy (non-hydrogen) atoms. The molecule has 0 saturated heterocycles. The number of nitrogens with zero attached hydrogens (tertiary/aromatic N) is 1. The first-order chi connectivity index (χ1) is 9.54. The molecular formula is C15H18N2O2S. The molecule has 0 fully saturated rings. The van der Waals surface area contributed by atoms with Gasteiger partial charge in [0, 0.05) is 6.20 Å². The van der Waals surface area contributed by atoms with Crippen molar-refractivity contribution >= 4 is 10.0 Å². The fourth-order valence-electron chi connectivity index (χ4n) is 2.05. The maximum atomic E-state index is 12.3. The van der Waals surface area contributed by atoms with Gasteiger partial charge < -0.3 is 0 Å². The van der Waals surface area contributed by atoms with E-state index in [1.807, 2.05) is 25.1 Å². The molecule has 0 unspecified atom stereocenters. The third-order valence-electron chi connectivity index (χ3n) is 3.18. The van der Waals surface area contributed by atoms with Crippen molar-refractivity contribution < 1.29 is 8.42 Å². The van der Waals surface area contributed by atoms with Crippen molar-refractivity contribution in [2.24, 2.45) is 0 Å². The average molecular weight is 290 g/mol. The molecule has 106 valence electrons. The van der Waals surface area contributed by atoms with Crippen LogP contribution in [0.3, 0.4) is 0 Å². The smallest absolute Gasteiger partial charge is 0.241 e. The van der Waals surface area contributed by atoms with E-state index >= 15 is 0 Å². The summed E-state index contributed by atoms with van der Waals surface area (Å²) in [6.45, 7) is 4.02. The van der Waals surface area contributed by atoms with Crippen LogP contribution in [0.5, 0.6) is 0 Å². The Morgan fingerprint density at radius 3 is 2.60 bits per heavy atom. The van der Waals surface area contributed by atoms with Gasteiger partial charge in [0.25, 0.3) is 0 Å². The lowest BCUT2D eigenvalue weighted by Crippen LogP contribution is -2.25. The summed E-state index contributed by atoms with van der Waals surface area (Å²) in [6.07, 6.45) is 2.51. The molecule has 1 heterocycles. The average Bonchev–Trinajstić information content (AvgIpc) is 2.46. The molecule has 0 aliphatic heterocycles. The second-order valence-electron chi connectivity index (χ2n) is 4.55. The molecule has 4 nitrogen and oxygen atoms in total. The largest absolute Gasteiger partial charge is 0.260 e. The van der Waals surface area contributed by atoms with E-state index < -0.39 is 10.0 Å². The van der Waals surface area contributed by atoms with Crippen molar-refractivity contribution in [2.45, 2.75) is 31.7 Å². The third-order valence-corrected chi connectivity index (χ3v) is 4.74. The van der Waals surface area contributed by atoms with Crippen molar-refractivity contribution in [1.82, 2.24) is 9.71 Å². The standard InChI is InChI=1S/C15H18N2O2S/c1-3-13-8-6-10-16-14(13)11-17-20(18,19)15-9-5-4-7-12(15)2/h4-10,17H,3,11H2,1-2H3. The monoisotopic (exact) mass is 290 g/mol. The SMILES string of the molecule is CCc1cccnc1CNS(=O)(=O)c1ccccc1C. The summed E-state index contributed by atoms with van der Waals surface area (Å²) in [7, 11) is -3.50. The maximum Gasteiger partial charge on any atom is 0.241 e. The van der Waals surface area contributed by atoms with Gasteiger partial charge in [-0.3, -0.25) is 4.98 Å². The van der Waals surface area contributed by atoms with Crippen LogP contribution >= 0.6 is 0 Å². The Bertz CT molecular complexity index is 697. The summed E-state index contributed by atoms with van der Waals surface area (Å²) < 4.78 is 27.2. The Balaban J connectivity index is 2.20. The van der Waals surface area contributed by atoms with Crippen LogP contribution in [0.4, 0.5) is 0 Å². The second-order valence-corrected chi connectivity index (χ2v) is 6.29. The minimum Gasteiger partial charge on any atom is -0.260 e. The molecule has 0 radical (unpaired) electrons. The molecule has 0 saturated carbocycles. The first-order valence-electron chi connectivity index (χ1n) is 6.52. The van der Waals surface area contributed by atoms with Gasteiger partial charge in [-0.25, -0.2) is 13.1 Å². The molecule has 0 amide bonds. The number of rotatable bonds is 5.